The number of aromatic nitrogens is 2. The normalized spacial score (nSPS) is 12.8. The Morgan fingerprint density at radius 3 is 2.79 bits per heavy atom. The molecular weight excluding hydrogens is 537 g/mol. The van der Waals surface area contributed by atoms with Gasteiger partial charge in [-0.05, 0) is 48.0 Å². The minimum Gasteiger partial charge on any atom is -0.489 e. The van der Waals surface area contributed by atoms with Gasteiger partial charge in [0.2, 0.25) is 0 Å². The lowest BCUT2D eigenvalue weighted by Gasteiger charge is -2.25. The van der Waals surface area contributed by atoms with Crippen LogP contribution in [0.2, 0.25) is 0 Å². The van der Waals surface area contributed by atoms with Gasteiger partial charge in [-0.2, -0.15) is 0 Å². The second kappa shape index (κ2) is 11.9. The van der Waals surface area contributed by atoms with E-state index in [9.17, 15) is 12.8 Å². The van der Waals surface area contributed by atoms with Gasteiger partial charge >= 0.3 is 0 Å². The zero-order valence-corrected chi connectivity index (χ0v) is 22.9. The minimum absolute atomic E-state index is 0.103. The molecule has 202 valence electrons. The van der Waals surface area contributed by atoms with E-state index in [0.29, 0.717) is 25.4 Å². The van der Waals surface area contributed by atoms with Crippen molar-refractivity contribution < 1.29 is 17.5 Å². The molecule has 4 aromatic rings. The molecule has 0 bridgehead atoms. The van der Waals surface area contributed by atoms with Crippen molar-refractivity contribution in [3.05, 3.63) is 100 Å². The van der Waals surface area contributed by atoms with Gasteiger partial charge in [-0.1, -0.05) is 12.1 Å². The molecule has 0 spiro atoms. The molecule has 0 saturated heterocycles. The Hall–Kier alpha value is -3.80. The minimum atomic E-state index is -2.99. The fourth-order valence-electron chi connectivity index (χ4n) is 4.03. The summed E-state index contributed by atoms with van der Waals surface area (Å²) in [5, 5.41) is 9.49. The Balaban J connectivity index is 1.20. The maximum atomic E-state index is 13.4. The average molecular weight is 566 g/mol. The molecular formula is C28H28FN5O3S2. The predicted molar refractivity (Wildman–Crippen MR) is 153 cm³/mol. The number of halogens is 1. The Morgan fingerprint density at radius 2 is 2.00 bits per heavy atom. The number of benzene rings is 2. The van der Waals surface area contributed by atoms with Crippen molar-refractivity contribution in [1.29, 1.82) is 0 Å². The highest BCUT2D eigenvalue weighted by Gasteiger charge is 2.18. The number of hydrogen-bond donors (Lipinski definition) is 2. The number of nitrogens with zero attached hydrogens (tertiary/aromatic N) is 3. The highest BCUT2D eigenvalue weighted by Crippen LogP contribution is 2.32. The molecule has 0 unspecified atom stereocenters. The van der Waals surface area contributed by atoms with Crippen molar-refractivity contribution in [3.63, 3.8) is 0 Å². The fraction of sp³-hybridized carbons (Fsp3) is 0.214. The van der Waals surface area contributed by atoms with Crippen molar-refractivity contribution in [2.24, 2.45) is 0 Å². The monoisotopic (exact) mass is 565 g/mol. The standard InChI is InChI=1S/C28H28FN5O3S2/c1-39(35,36)12-10-30-16-28-33-27(19-38-28)34-11-9-21-14-31-15-26(25(21)17-34)32-23-5-7-24(8-6-23)37-18-20-3-2-4-22(29)13-20/h2-9,11,13-15,19,30,32H,10,12,16-18H2,1H3. The van der Waals surface area contributed by atoms with E-state index in [1.165, 1.54) is 29.7 Å². The third-order valence-electron chi connectivity index (χ3n) is 6.04. The van der Waals surface area contributed by atoms with E-state index in [4.69, 9.17) is 9.72 Å². The number of nitrogens with one attached hydrogen (secondary N) is 2. The van der Waals surface area contributed by atoms with Gasteiger partial charge in [0.25, 0.3) is 0 Å². The smallest absolute Gasteiger partial charge is 0.148 e. The van der Waals surface area contributed by atoms with E-state index in [2.05, 4.69) is 20.5 Å². The summed E-state index contributed by atoms with van der Waals surface area (Å²) in [6.45, 7) is 1.83. The summed E-state index contributed by atoms with van der Waals surface area (Å²) in [7, 11) is -2.99. The largest absolute Gasteiger partial charge is 0.489 e. The van der Waals surface area contributed by atoms with E-state index in [0.717, 1.165) is 38.9 Å². The molecule has 3 heterocycles. The molecule has 0 fully saturated rings. The summed E-state index contributed by atoms with van der Waals surface area (Å²) >= 11 is 1.54. The van der Waals surface area contributed by atoms with E-state index < -0.39 is 9.84 Å². The van der Waals surface area contributed by atoms with Crippen LogP contribution < -0.4 is 20.3 Å². The number of pyridine rings is 1. The summed E-state index contributed by atoms with van der Waals surface area (Å²) in [6.07, 6.45) is 8.90. The third kappa shape index (κ3) is 7.41. The zero-order chi connectivity index (χ0) is 27.2. The van der Waals surface area contributed by atoms with Crippen LogP contribution in [0.1, 0.15) is 21.7 Å². The molecule has 0 atom stereocenters. The molecule has 0 saturated carbocycles. The highest BCUT2D eigenvalue weighted by molar-refractivity contribution is 7.90. The van der Waals surface area contributed by atoms with Crippen molar-refractivity contribution >= 4 is 44.4 Å². The summed E-state index contributed by atoms with van der Waals surface area (Å²) in [6, 6.07) is 14.0. The molecule has 11 heteroatoms. The van der Waals surface area contributed by atoms with Crippen LogP contribution in [0.3, 0.4) is 0 Å². The molecule has 0 aliphatic carbocycles. The number of ether oxygens (including phenoxy) is 1. The molecule has 2 aromatic heterocycles. The molecule has 39 heavy (non-hydrogen) atoms. The van der Waals surface area contributed by atoms with Crippen LogP contribution in [-0.4, -0.2) is 36.9 Å². The molecule has 0 radical (unpaired) electrons. The first-order chi connectivity index (χ1) is 18.8. The number of hydrogen-bond acceptors (Lipinski definition) is 9. The van der Waals surface area contributed by atoms with Crippen LogP contribution in [0.4, 0.5) is 21.6 Å². The molecule has 0 amide bonds. The zero-order valence-electron chi connectivity index (χ0n) is 21.3. The quantitative estimate of drug-likeness (QED) is 0.242. The highest BCUT2D eigenvalue weighted by atomic mass is 32.2. The Bertz CT molecular complexity index is 1570. The van der Waals surface area contributed by atoms with Gasteiger partial charge in [0, 0.05) is 53.9 Å². The SMILES string of the molecule is CS(=O)(=O)CCNCc1nc(N2C=Cc3cncc(Nc4ccc(OCc5cccc(F)c5)cc4)c3C2)cs1. The first-order valence-corrected chi connectivity index (χ1v) is 15.3. The maximum Gasteiger partial charge on any atom is 0.148 e. The fourth-order valence-corrected chi connectivity index (χ4v) is 5.31. The van der Waals surface area contributed by atoms with Gasteiger partial charge in [-0.3, -0.25) is 4.98 Å². The maximum absolute atomic E-state index is 13.4. The van der Waals surface area contributed by atoms with Crippen LogP contribution >= 0.6 is 11.3 Å². The Kier molecular flexibility index (Phi) is 8.20. The van der Waals surface area contributed by atoms with Crippen molar-refractivity contribution in [3.8, 4) is 5.75 Å². The van der Waals surface area contributed by atoms with Crippen molar-refractivity contribution in [2.45, 2.75) is 19.7 Å². The van der Waals surface area contributed by atoms with Gasteiger partial charge in [0.15, 0.2) is 0 Å². The summed E-state index contributed by atoms with van der Waals surface area (Å²) in [5.74, 6) is 1.35. The van der Waals surface area contributed by atoms with E-state index in [1.807, 2.05) is 60.4 Å². The van der Waals surface area contributed by atoms with Gasteiger partial charge in [0.1, 0.15) is 38.8 Å². The van der Waals surface area contributed by atoms with Crippen LogP contribution in [0, 0.1) is 5.82 Å². The topological polar surface area (TPSA) is 96.5 Å². The number of rotatable bonds is 11. The van der Waals surface area contributed by atoms with Crippen LogP contribution in [-0.2, 0) is 29.5 Å². The Morgan fingerprint density at radius 1 is 1.15 bits per heavy atom. The van der Waals surface area contributed by atoms with Crippen molar-refractivity contribution in [1.82, 2.24) is 15.3 Å². The van der Waals surface area contributed by atoms with E-state index in [-0.39, 0.29) is 18.2 Å². The molecule has 1 aliphatic rings. The predicted octanol–water partition coefficient (Wildman–Crippen LogP) is 5.12. The summed E-state index contributed by atoms with van der Waals surface area (Å²) in [4.78, 5) is 11.2. The number of anilines is 3. The number of thiazole rings is 1. The first kappa shape index (κ1) is 26.8. The lowest BCUT2D eigenvalue weighted by Crippen LogP contribution is -2.22. The number of sulfone groups is 1. The van der Waals surface area contributed by atoms with E-state index >= 15 is 0 Å². The molecule has 2 N–H and O–H groups in total. The van der Waals surface area contributed by atoms with Gasteiger partial charge in [-0.15, -0.1) is 11.3 Å². The molecule has 1 aliphatic heterocycles. The third-order valence-corrected chi connectivity index (χ3v) is 7.82. The molecule has 8 nitrogen and oxygen atoms in total. The van der Waals surface area contributed by atoms with Gasteiger partial charge in [0.05, 0.1) is 24.2 Å². The van der Waals surface area contributed by atoms with Crippen LogP contribution in [0.5, 0.6) is 5.75 Å². The second-order valence-electron chi connectivity index (χ2n) is 9.17. The average Bonchev–Trinajstić information content (AvgIpc) is 3.39. The lowest BCUT2D eigenvalue weighted by atomic mass is 10.0. The van der Waals surface area contributed by atoms with Gasteiger partial charge in [-0.25, -0.2) is 17.8 Å². The molecule has 5 rings (SSSR count). The first-order valence-electron chi connectivity index (χ1n) is 12.3. The summed E-state index contributed by atoms with van der Waals surface area (Å²) < 4.78 is 41.8. The van der Waals surface area contributed by atoms with Crippen molar-refractivity contribution in [2.75, 3.05) is 28.8 Å². The Labute approximate surface area is 231 Å². The van der Waals surface area contributed by atoms with E-state index in [1.54, 1.807) is 6.07 Å². The second-order valence-corrected chi connectivity index (χ2v) is 12.4. The van der Waals surface area contributed by atoms with Crippen LogP contribution in [0.15, 0.2) is 72.5 Å². The molecule has 2 aromatic carbocycles. The van der Waals surface area contributed by atoms with Gasteiger partial charge < -0.3 is 20.3 Å². The van der Waals surface area contributed by atoms with Crippen LogP contribution in [0.25, 0.3) is 6.08 Å². The summed E-state index contributed by atoms with van der Waals surface area (Å²) in [5.41, 5.74) is 4.69. The number of fused-ring (bicyclic) bond motifs is 1. The lowest BCUT2D eigenvalue weighted by molar-refractivity contribution is 0.305.